The van der Waals surface area contributed by atoms with E-state index in [0.717, 1.165) is 12.0 Å². The third-order valence-corrected chi connectivity index (χ3v) is 3.41. The third-order valence-electron chi connectivity index (χ3n) is 3.41. The number of aliphatic hydroxyl groups excluding tert-OH is 1. The molecule has 0 bridgehead atoms. The summed E-state index contributed by atoms with van der Waals surface area (Å²) in [5.41, 5.74) is 0.989. The maximum absolute atomic E-state index is 10.3. The van der Waals surface area contributed by atoms with Gasteiger partial charge in [0.15, 0.2) is 0 Å². The number of aliphatic hydroxyl groups is 2. The molecule has 1 aromatic carbocycles. The Morgan fingerprint density at radius 1 is 1.19 bits per heavy atom. The Morgan fingerprint density at radius 2 is 1.81 bits per heavy atom. The van der Waals surface area contributed by atoms with Crippen molar-refractivity contribution < 1.29 is 10.2 Å². The van der Waals surface area contributed by atoms with Gasteiger partial charge in [-0.2, -0.15) is 0 Å². The van der Waals surface area contributed by atoms with Crippen molar-refractivity contribution in [3.8, 4) is 0 Å². The smallest absolute Gasteiger partial charge is 0.108 e. The van der Waals surface area contributed by atoms with Gasteiger partial charge >= 0.3 is 0 Å². The first-order valence-electron chi connectivity index (χ1n) is 6.06. The van der Waals surface area contributed by atoms with Gasteiger partial charge in [0.1, 0.15) is 6.10 Å². The van der Waals surface area contributed by atoms with Crippen LogP contribution in [0, 0.1) is 0 Å². The minimum absolute atomic E-state index is 0.557. The molecule has 0 spiro atoms. The Labute approximate surface area is 97.9 Å². The maximum atomic E-state index is 10.3. The van der Waals surface area contributed by atoms with Crippen LogP contribution in [0.4, 0.5) is 0 Å². The molecule has 1 rings (SSSR count). The van der Waals surface area contributed by atoms with Crippen molar-refractivity contribution in [2.24, 2.45) is 0 Å². The van der Waals surface area contributed by atoms with E-state index in [1.54, 1.807) is 0 Å². The fourth-order valence-electron chi connectivity index (χ4n) is 1.93. The van der Waals surface area contributed by atoms with E-state index >= 15 is 0 Å². The fourth-order valence-corrected chi connectivity index (χ4v) is 1.93. The lowest BCUT2D eigenvalue weighted by Gasteiger charge is -2.31. The zero-order chi connectivity index (χ0) is 12.2. The molecule has 2 N–H and O–H groups in total. The normalized spacial score (nSPS) is 13.8. The topological polar surface area (TPSA) is 40.5 Å². The van der Waals surface area contributed by atoms with Crippen molar-refractivity contribution in [1.29, 1.82) is 0 Å². The number of rotatable bonds is 5. The third kappa shape index (κ3) is 2.63. The van der Waals surface area contributed by atoms with Crippen molar-refractivity contribution in [1.82, 2.24) is 0 Å². The van der Waals surface area contributed by atoms with Gasteiger partial charge in [-0.15, -0.1) is 0 Å². The van der Waals surface area contributed by atoms with Crippen LogP contribution in [-0.4, -0.2) is 15.8 Å². The molecule has 0 aromatic heterocycles. The average molecular weight is 222 g/mol. The minimum Gasteiger partial charge on any atom is -0.387 e. The van der Waals surface area contributed by atoms with Crippen LogP contribution in [0.1, 0.15) is 50.8 Å². The molecule has 1 aromatic rings. The van der Waals surface area contributed by atoms with E-state index < -0.39 is 11.7 Å². The van der Waals surface area contributed by atoms with E-state index in [1.165, 1.54) is 5.56 Å². The number of hydrogen-bond acceptors (Lipinski definition) is 2. The Morgan fingerprint density at radius 3 is 2.31 bits per heavy atom. The predicted molar refractivity (Wildman–Crippen MR) is 66.3 cm³/mol. The molecule has 0 aliphatic carbocycles. The minimum atomic E-state index is -1.01. The first-order chi connectivity index (χ1) is 7.57. The quantitative estimate of drug-likeness (QED) is 0.804. The van der Waals surface area contributed by atoms with Gasteiger partial charge in [0.25, 0.3) is 0 Å². The number of aryl methyl sites for hydroxylation is 1. The molecule has 2 nitrogen and oxygen atoms in total. The first-order valence-corrected chi connectivity index (χ1v) is 6.06. The van der Waals surface area contributed by atoms with Crippen LogP contribution >= 0.6 is 0 Å². The summed E-state index contributed by atoms with van der Waals surface area (Å²) >= 11 is 0. The van der Waals surface area contributed by atoms with Crippen LogP contribution in [0.5, 0.6) is 0 Å². The van der Waals surface area contributed by atoms with Gasteiger partial charge in [-0.05, 0) is 30.4 Å². The van der Waals surface area contributed by atoms with E-state index in [0.29, 0.717) is 12.8 Å². The molecule has 0 saturated heterocycles. The van der Waals surface area contributed by atoms with E-state index in [2.05, 4.69) is 6.92 Å². The Hall–Kier alpha value is -0.860. The molecular weight excluding hydrogens is 200 g/mol. The highest BCUT2D eigenvalue weighted by Gasteiger charge is 2.32. The second-order valence-electron chi connectivity index (χ2n) is 4.31. The molecule has 0 aliphatic rings. The van der Waals surface area contributed by atoms with Crippen LogP contribution in [0.25, 0.3) is 0 Å². The van der Waals surface area contributed by atoms with Crippen molar-refractivity contribution >= 4 is 0 Å². The Balaban J connectivity index is 2.98. The lowest BCUT2D eigenvalue weighted by Crippen LogP contribution is -2.34. The average Bonchev–Trinajstić information content (AvgIpc) is 2.37. The van der Waals surface area contributed by atoms with Crippen molar-refractivity contribution in [3.63, 3.8) is 0 Å². The summed E-state index contributed by atoms with van der Waals surface area (Å²) in [6.45, 7) is 5.88. The van der Waals surface area contributed by atoms with Crippen LogP contribution in [0.2, 0.25) is 0 Å². The summed E-state index contributed by atoms with van der Waals surface area (Å²) in [6.07, 6.45) is 1.26. The number of hydrogen-bond donors (Lipinski definition) is 2. The summed E-state index contributed by atoms with van der Waals surface area (Å²) in [5.74, 6) is 0. The largest absolute Gasteiger partial charge is 0.387 e. The second kappa shape index (κ2) is 5.46. The molecule has 1 atom stereocenters. The molecule has 1 unspecified atom stereocenters. The van der Waals surface area contributed by atoms with E-state index in [1.807, 2.05) is 38.1 Å². The fraction of sp³-hybridized carbons (Fsp3) is 0.571. The van der Waals surface area contributed by atoms with Crippen molar-refractivity contribution in [2.75, 3.05) is 0 Å². The van der Waals surface area contributed by atoms with E-state index in [4.69, 9.17) is 0 Å². The highest BCUT2D eigenvalue weighted by atomic mass is 16.3. The molecule has 0 heterocycles. The van der Waals surface area contributed by atoms with Crippen LogP contribution in [0.3, 0.4) is 0 Å². The highest BCUT2D eigenvalue weighted by Crippen LogP contribution is 2.31. The van der Waals surface area contributed by atoms with Gasteiger partial charge in [-0.3, -0.25) is 0 Å². The van der Waals surface area contributed by atoms with Gasteiger partial charge in [-0.1, -0.05) is 45.0 Å². The molecular formula is C14H22O2. The lowest BCUT2D eigenvalue weighted by atomic mass is 9.86. The molecule has 0 fully saturated rings. The van der Waals surface area contributed by atoms with Gasteiger partial charge in [-0.25, -0.2) is 0 Å². The maximum Gasteiger partial charge on any atom is 0.108 e. The summed E-state index contributed by atoms with van der Waals surface area (Å²) < 4.78 is 0. The Bertz CT molecular complexity index is 329. The summed E-state index contributed by atoms with van der Waals surface area (Å²) in [5, 5.41) is 20.5. The predicted octanol–water partition coefficient (Wildman–Crippen LogP) is 2.83. The van der Waals surface area contributed by atoms with E-state index in [9.17, 15) is 10.2 Å². The first kappa shape index (κ1) is 13.2. The van der Waals surface area contributed by atoms with Crippen molar-refractivity contribution in [2.45, 2.75) is 51.7 Å². The molecule has 0 radical (unpaired) electrons. The highest BCUT2D eigenvalue weighted by molar-refractivity contribution is 5.26. The van der Waals surface area contributed by atoms with Crippen molar-refractivity contribution in [3.05, 3.63) is 35.4 Å². The van der Waals surface area contributed by atoms with E-state index in [-0.39, 0.29) is 0 Å². The summed E-state index contributed by atoms with van der Waals surface area (Å²) in [4.78, 5) is 0. The molecule has 90 valence electrons. The summed E-state index contributed by atoms with van der Waals surface area (Å²) in [7, 11) is 0. The van der Waals surface area contributed by atoms with Crippen LogP contribution < -0.4 is 0 Å². The second-order valence-corrected chi connectivity index (χ2v) is 4.31. The Kier molecular flexibility index (Phi) is 4.51. The molecule has 16 heavy (non-hydrogen) atoms. The zero-order valence-corrected chi connectivity index (χ0v) is 10.4. The van der Waals surface area contributed by atoms with Gasteiger partial charge in [0, 0.05) is 0 Å². The van der Waals surface area contributed by atoms with Gasteiger partial charge in [0.05, 0.1) is 5.60 Å². The monoisotopic (exact) mass is 222 g/mol. The van der Waals surface area contributed by atoms with Gasteiger partial charge < -0.3 is 10.2 Å². The van der Waals surface area contributed by atoms with Crippen LogP contribution in [-0.2, 0) is 6.42 Å². The van der Waals surface area contributed by atoms with Crippen LogP contribution in [0.15, 0.2) is 24.3 Å². The molecule has 0 amide bonds. The standard InChI is InChI=1S/C14H22O2/c1-4-11-8-7-9-12(10-11)13(15)14(16,5-2)6-3/h7-10,13,15-16H,4-6H2,1-3H3. The molecule has 0 aliphatic heterocycles. The lowest BCUT2D eigenvalue weighted by molar-refractivity contribution is -0.0821. The van der Waals surface area contributed by atoms with Gasteiger partial charge in [0.2, 0.25) is 0 Å². The molecule has 0 saturated carbocycles. The molecule has 2 heteroatoms. The zero-order valence-electron chi connectivity index (χ0n) is 10.4. The SMILES string of the molecule is CCc1cccc(C(O)C(O)(CC)CC)c1. The number of benzene rings is 1. The summed E-state index contributed by atoms with van der Waals surface area (Å²) in [6, 6.07) is 7.82.